The first kappa shape index (κ1) is 21.7. The zero-order valence-corrected chi connectivity index (χ0v) is 17.2. The average Bonchev–Trinajstić information content (AvgIpc) is 2.60. The largest absolute Gasteiger partial charge is 0.507 e. The van der Waals surface area contributed by atoms with Gasteiger partial charge in [0.25, 0.3) is 0 Å². The second-order valence-corrected chi connectivity index (χ2v) is 7.57. The van der Waals surface area contributed by atoms with Crippen LogP contribution in [-0.4, -0.2) is 16.3 Å². The Balaban J connectivity index is 2.03. The van der Waals surface area contributed by atoms with Crippen molar-refractivity contribution in [2.24, 2.45) is 0 Å². The summed E-state index contributed by atoms with van der Waals surface area (Å²) in [6.07, 6.45) is 8.02. The molecule has 0 fully saturated rings. The number of hydrogen-bond donors (Lipinski definition) is 2. The first-order valence-electron chi connectivity index (χ1n) is 9.66. The van der Waals surface area contributed by atoms with Crippen LogP contribution in [0, 0.1) is 0 Å². The van der Waals surface area contributed by atoms with Gasteiger partial charge in [-0.15, -0.1) is 0 Å². The van der Waals surface area contributed by atoms with Crippen LogP contribution in [-0.2, 0) is 6.42 Å². The molecule has 4 heteroatoms. The van der Waals surface area contributed by atoms with E-state index < -0.39 is 11.7 Å². The van der Waals surface area contributed by atoms with Crippen molar-refractivity contribution < 1.29 is 14.6 Å². The Kier molecular flexibility index (Phi) is 7.82. The van der Waals surface area contributed by atoms with Gasteiger partial charge in [-0.25, -0.2) is 4.79 Å². The van der Waals surface area contributed by atoms with Crippen LogP contribution in [0.2, 0.25) is 0 Å². The molecule has 0 amide bonds. The molecule has 2 aromatic rings. The molecule has 1 aromatic heterocycles. The minimum Gasteiger partial charge on any atom is -0.507 e. The van der Waals surface area contributed by atoms with E-state index in [2.05, 4.69) is 19.9 Å². The highest BCUT2D eigenvalue weighted by Gasteiger charge is 2.12. The summed E-state index contributed by atoms with van der Waals surface area (Å²) in [5.74, 6) is -0.0357. The molecular formula is C24H30O4. The van der Waals surface area contributed by atoms with E-state index in [1.54, 1.807) is 24.3 Å². The number of para-hydroxylation sites is 1. The number of fused-ring (bicyclic) bond motifs is 1. The van der Waals surface area contributed by atoms with Gasteiger partial charge in [0.05, 0.1) is 17.1 Å². The van der Waals surface area contributed by atoms with Crippen LogP contribution in [0.5, 0.6) is 5.75 Å². The molecule has 0 saturated heterocycles. The molecule has 0 aliphatic rings. The normalized spacial score (nSPS) is 13.6. The zero-order valence-electron chi connectivity index (χ0n) is 17.2. The van der Waals surface area contributed by atoms with Gasteiger partial charge in [-0.3, -0.25) is 0 Å². The number of aliphatic hydroxyl groups is 1. The molecule has 150 valence electrons. The minimum absolute atomic E-state index is 0.0357. The maximum atomic E-state index is 12.2. The highest BCUT2D eigenvalue weighted by Crippen LogP contribution is 2.26. The fraction of sp³-hybridized carbons (Fsp3) is 0.375. The molecule has 0 bridgehead atoms. The van der Waals surface area contributed by atoms with Gasteiger partial charge in [-0.05, 0) is 59.1 Å². The fourth-order valence-corrected chi connectivity index (χ4v) is 3.10. The molecule has 0 aliphatic heterocycles. The molecule has 0 radical (unpaired) electrons. The first-order chi connectivity index (χ1) is 13.3. The standard InChI is InChI=1S/C24H30O4/c1-16(2)8-7-9-17(3)14-19(25)15-18(4)12-13-21-23(26)20-10-5-6-11-22(20)28-24(21)27/h5-6,8,10-12,14,19,25-26H,7,9,13,15H2,1-4H3/b17-14+,18-12+/t19-/m0/s1. The van der Waals surface area contributed by atoms with Gasteiger partial charge in [0.1, 0.15) is 11.3 Å². The maximum absolute atomic E-state index is 12.2. The van der Waals surface area contributed by atoms with Crippen LogP contribution < -0.4 is 5.63 Å². The predicted molar refractivity (Wildman–Crippen MR) is 115 cm³/mol. The summed E-state index contributed by atoms with van der Waals surface area (Å²) >= 11 is 0. The number of benzene rings is 1. The molecule has 28 heavy (non-hydrogen) atoms. The Morgan fingerprint density at radius 2 is 1.82 bits per heavy atom. The van der Waals surface area contributed by atoms with Gasteiger partial charge in [0.15, 0.2) is 0 Å². The van der Waals surface area contributed by atoms with Crippen molar-refractivity contribution in [2.75, 3.05) is 0 Å². The third-order valence-corrected chi connectivity index (χ3v) is 4.63. The highest BCUT2D eigenvalue weighted by molar-refractivity contribution is 5.83. The zero-order chi connectivity index (χ0) is 20.7. The Morgan fingerprint density at radius 3 is 2.54 bits per heavy atom. The van der Waals surface area contributed by atoms with Crippen LogP contribution in [0.3, 0.4) is 0 Å². The number of aromatic hydroxyl groups is 1. The first-order valence-corrected chi connectivity index (χ1v) is 9.66. The smallest absolute Gasteiger partial charge is 0.343 e. The molecular weight excluding hydrogens is 352 g/mol. The van der Waals surface area contributed by atoms with Crippen LogP contribution in [0.4, 0.5) is 0 Å². The van der Waals surface area contributed by atoms with Crippen molar-refractivity contribution >= 4 is 11.0 Å². The van der Waals surface area contributed by atoms with E-state index in [0.717, 1.165) is 24.0 Å². The molecule has 4 nitrogen and oxygen atoms in total. The molecule has 1 atom stereocenters. The van der Waals surface area contributed by atoms with Gasteiger partial charge >= 0.3 is 5.63 Å². The Morgan fingerprint density at radius 1 is 1.11 bits per heavy atom. The Bertz CT molecular complexity index is 956. The summed E-state index contributed by atoms with van der Waals surface area (Å²) in [5.41, 5.74) is 3.49. The monoisotopic (exact) mass is 382 g/mol. The minimum atomic E-state index is -0.565. The number of aliphatic hydroxyl groups excluding tert-OH is 1. The predicted octanol–water partition coefficient (Wildman–Crippen LogP) is 5.43. The molecule has 0 saturated carbocycles. The molecule has 2 N–H and O–H groups in total. The van der Waals surface area contributed by atoms with Crippen LogP contribution >= 0.6 is 0 Å². The molecule has 0 spiro atoms. The molecule has 0 aliphatic carbocycles. The van der Waals surface area contributed by atoms with Crippen molar-refractivity contribution in [3.63, 3.8) is 0 Å². The molecule has 1 heterocycles. The summed E-state index contributed by atoms with van der Waals surface area (Å²) in [4.78, 5) is 12.2. The van der Waals surface area contributed by atoms with E-state index >= 15 is 0 Å². The summed E-state index contributed by atoms with van der Waals surface area (Å²) in [7, 11) is 0. The lowest BCUT2D eigenvalue weighted by Crippen LogP contribution is -2.08. The lowest BCUT2D eigenvalue weighted by atomic mass is 10.0. The van der Waals surface area contributed by atoms with Gasteiger partial charge in [0, 0.05) is 6.42 Å². The Labute approximate surface area is 166 Å². The summed E-state index contributed by atoms with van der Waals surface area (Å²) in [5, 5.41) is 21.2. The second kappa shape index (κ2) is 10.1. The van der Waals surface area contributed by atoms with E-state index in [0.29, 0.717) is 17.4 Å². The topological polar surface area (TPSA) is 70.7 Å². The number of allylic oxidation sites excluding steroid dienone is 4. The van der Waals surface area contributed by atoms with Crippen molar-refractivity contribution in [3.05, 3.63) is 75.2 Å². The quantitative estimate of drug-likeness (QED) is 0.472. The van der Waals surface area contributed by atoms with Crippen molar-refractivity contribution in [1.29, 1.82) is 0 Å². The van der Waals surface area contributed by atoms with Crippen LogP contribution in [0.25, 0.3) is 11.0 Å². The third kappa shape index (κ3) is 6.24. The fourth-order valence-electron chi connectivity index (χ4n) is 3.10. The highest BCUT2D eigenvalue weighted by atomic mass is 16.4. The van der Waals surface area contributed by atoms with Gasteiger partial charge in [-0.1, -0.05) is 47.1 Å². The average molecular weight is 383 g/mol. The summed E-state index contributed by atoms with van der Waals surface area (Å²) in [6.45, 7) is 8.10. The van der Waals surface area contributed by atoms with Crippen LogP contribution in [0.15, 0.2) is 68.4 Å². The number of hydrogen-bond acceptors (Lipinski definition) is 4. The molecule has 1 aromatic carbocycles. The number of rotatable bonds is 8. The van der Waals surface area contributed by atoms with E-state index in [1.165, 1.54) is 5.57 Å². The van der Waals surface area contributed by atoms with Gasteiger partial charge in [-0.2, -0.15) is 0 Å². The molecule has 0 unspecified atom stereocenters. The van der Waals surface area contributed by atoms with Crippen molar-refractivity contribution in [1.82, 2.24) is 0 Å². The van der Waals surface area contributed by atoms with Crippen molar-refractivity contribution in [2.45, 2.75) is 59.5 Å². The lowest BCUT2D eigenvalue weighted by molar-refractivity contribution is 0.222. The molecule has 2 rings (SSSR count). The third-order valence-electron chi connectivity index (χ3n) is 4.63. The van der Waals surface area contributed by atoms with E-state index in [9.17, 15) is 15.0 Å². The van der Waals surface area contributed by atoms with Crippen molar-refractivity contribution in [3.8, 4) is 5.75 Å². The van der Waals surface area contributed by atoms with Gasteiger partial charge in [0.2, 0.25) is 0 Å². The van der Waals surface area contributed by atoms with Crippen LogP contribution in [0.1, 0.15) is 52.5 Å². The SMILES string of the molecule is CC(C)=CCC/C(C)=C/[C@H](O)C/C(C)=C/Cc1c(O)c2ccccc2oc1=O. The second-order valence-electron chi connectivity index (χ2n) is 7.57. The van der Waals surface area contributed by atoms with E-state index in [4.69, 9.17) is 4.42 Å². The maximum Gasteiger partial charge on any atom is 0.343 e. The van der Waals surface area contributed by atoms with Gasteiger partial charge < -0.3 is 14.6 Å². The summed E-state index contributed by atoms with van der Waals surface area (Å²) in [6, 6.07) is 6.92. The van der Waals surface area contributed by atoms with E-state index in [-0.39, 0.29) is 17.7 Å². The lowest BCUT2D eigenvalue weighted by Gasteiger charge is -2.09. The van der Waals surface area contributed by atoms with E-state index in [1.807, 2.05) is 26.0 Å². The summed E-state index contributed by atoms with van der Waals surface area (Å²) < 4.78 is 5.29. The Hall–Kier alpha value is -2.59.